The minimum Gasteiger partial charge on any atom is -0.313 e. The van der Waals surface area contributed by atoms with Crippen LogP contribution in [0.15, 0.2) is 152 Å². The van der Waals surface area contributed by atoms with Crippen molar-refractivity contribution >= 4 is 60.6 Å². The lowest BCUT2D eigenvalue weighted by molar-refractivity contribution is 1.05. The van der Waals surface area contributed by atoms with Crippen LogP contribution in [0.3, 0.4) is 0 Å². The highest BCUT2D eigenvalue weighted by Crippen LogP contribution is 2.43. The van der Waals surface area contributed by atoms with Crippen molar-refractivity contribution in [1.82, 2.24) is 13.7 Å². The summed E-state index contributed by atoms with van der Waals surface area (Å²) >= 11 is 0. The van der Waals surface area contributed by atoms with Gasteiger partial charge >= 0.3 is 0 Å². The van der Waals surface area contributed by atoms with E-state index < -0.39 is 0 Å². The van der Waals surface area contributed by atoms with Crippen molar-refractivity contribution < 1.29 is 0 Å². The highest BCUT2D eigenvalue weighted by atomic mass is 15.0. The summed E-state index contributed by atoms with van der Waals surface area (Å²) in [5.74, 6) is 0. The van der Waals surface area contributed by atoms with Crippen LogP contribution in [0.2, 0.25) is 0 Å². The maximum atomic E-state index is 10.3. The molecule has 4 nitrogen and oxygen atoms in total. The monoisotopic (exact) mass is 614 g/mol. The van der Waals surface area contributed by atoms with E-state index in [2.05, 4.69) is 155 Å². The van der Waals surface area contributed by atoms with E-state index in [4.69, 9.17) is 0 Å². The summed E-state index contributed by atoms with van der Waals surface area (Å²) in [4.78, 5) is 0. The molecule has 0 aliphatic carbocycles. The van der Waals surface area contributed by atoms with Crippen molar-refractivity contribution in [1.29, 1.82) is 5.26 Å². The van der Waals surface area contributed by atoms with E-state index in [9.17, 15) is 5.26 Å². The minimum atomic E-state index is 0.666. The Balaban J connectivity index is 1.46. The summed E-state index contributed by atoms with van der Waals surface area (Å²) in [5.41, 5.74) is 11.7. The van der Waals surface area contributed by atoms with E-state index in [1.165, 1.54) is 16.3 Å². The summed E-state index contributed by atoms with van der Waals surface area (Å²) in [6.07, 6.45) is 5.99. The zero-order chi connectivity index (χ0) is 32.4. The summed E-state index contributed by atoms with van der Waals surface area (Å²) in [6, 6.07) is 49.4. The van der Waals surface area contributed by atoms with Crippen LogP contribution in [0.25, 0.3) is 77.7 Å². The molecule has 0 N–H and O–H groups in total. The fraction of sp³-hybridized carbons (Fsp3) is 0.0227. The maximum Gasteiger partial charge on any atom is 0.0998 e. The van der Waals surface area contributed by atoms with E-state index in [0.29, 0.717) is 5.56 Å². The maximum absolute atomic E-state index is 10.3. The lowest BCUT2D eigenvalue weighted by Gasteiger charge is -2.12. The molecule has 3 aromatic heterocycles. The number of nitriles is 1. The Hall–Kier alpha value is -6.57. The number of para-hydroxylation sites is 3. The summed E-state index contributed by atoms with van der Waals surface area (Å²) < 4.78 is 7.04. The van der Waals surface area contributed by atoms with Crippen molar-refractivity contribution in [2.75, 3.05) is 0 Å². The summed E-state index contributed by atoms with van der Waals surface area (Å²) in [5, 5.41) is 15.9. The Morgan fingerprint density at radius 3 is 1.96 bits per heavy atom. The average molecular weight is 615 g/mol. The first-order valence-electron chi connectivity index (χ1n) is 16.1. The zero-order valence-corrected chi connectivity index (χ0v) is 26.4. The lowest BCUT2D eigenvalue weighted by atomic mass is 10.0. The smallest absolute Gasteiger partial charge is 0.0998 e. The van der Waals surface area contributed by atoms with E-state index in [1.807, 2.05) is 30.4 Å². The van der Waals surface area contributed by atoms with Gasteiger partial charge in [0.1, 0.15) is 0 Å². The molecule has 9 aromatic rings. The van der Waals surface area contributed by atoms with Gasteiger partial charge in [0, 0.05) is 55.3 Å². The number of hydrogen-bond acceptors (Lipinski definition) is 1. The van der Waals surface area contributed by atoms with E-state index >= 15 is 0 Å². The molecule has 0 spiro atoms. The van der Waals surface area contributed by atoms with Gasteiger partial charge in [-0.25, -0.2) is 0 Å². The first kappa shape index (κ1) is 27.7. The molecule has 0 bridgehead atoms. The second-order valence-corrected chi connectivity index (χ2v) is 12.2. The number of fused-ring (bicyclic) bond motifs is 8. The summed E-state index contributed by atoms with van der Waals surface area (Å²) in [6.45, 7) is 6.16. The molecule has 0 amide bonds. The van der Waals surface area contributed by atoms with Crippen LogP contribution in [-0.4, -0.2) is 13.7 Å². The zero-order valence-electron chi connectivity index (χ0n) is 26.4. The number of benzene rings is 6. The van der Waals surface area contributed by atoms with Gasteiger partial charge in [-0.05, 0) is 73.7 Å². The van der Waals surface area contributed by atoms with Crippen molar-refractivity contribution in [3.8, 4) is 23.1 Å². The molecule has 0 fully saturated rings. The van der Waals surface area contributed by atoms with Crippen molar-refractivity contribution in [2.45, 2.75) is 6.92 Å². The van der Waals surface area contributed by atoms with Crippen LogP contribution in [-0.2, 0) is 0 Å². The molecule has 0 saturated heterocycles. The SMILES string of the molecule is C=C/C=C\c1c(C)n(-c2ccccc2)c2ccc3c4c(C#N)cccc4n(-c4ccc5c(c4)c4ccccc4n5-c4ccccc4)c3c12. The Morgan fingerprint density at radius 2 is 1.21 bits per heavy atom. The van der Waals surface area contributed by atoms with Crippen LogP contribution in [0.4, 0.5) is 0 Å². The molecule has 0 saturated carbocycles. The quantitative estimate of drug-likeness (QED) is 0.178. The number of nitrogens with zero attached hydrogens (tertiary/aromatic N) is 4. The first-order valence-corrected chi connectivity index (χ1v) is 16.1. The highest BCUT2D eigenvalue weighted by molar-refractivity contribution is 6.22. The van der Waals surface area contributed by atoms with Gasteiger partial charge in [0.05, 0.1) is 39.2 Å². The van der Waals surface area contributed by atoms with Crippen molar-refractivity contribution in [3.63, 3.8) is 0 Å². The molecule has 226 valence electrons. The van der Waals surface area contributed by atoms with Crippen molar-refractivity contribution in [2.24, 2.45) is 0 Å². The van der Waals surface area contributed by atoms with Gasteiger partial charge < -0.3 is 13.7 Å². The Kier molecular flexibility index (Phi) is 6.21. The van der Waals surface area contributed by atoms with Gasteiger partial charge in [0.2, 0.25) is 0 Å². The highest BCUT2D eigenvalue weighted by Gasteiger charge is 2.23. The molecular weight excluding hydrogens is 585 g/mol. The third-order valence-electron chi connectivity index (χ3n) is 9.63. The third-order valence-corrected chi connectivity index (χ3v) is 9.63. The van der Waals surface area contributed by atoms with Crippen LogP contribution in [0, 0.1) is 18.3 Å². The fourth-order valence-corrected chi connectivity index (χ4v) is 7.67. The van der Waals surface area contributed by atoms with E-state index in [-0.39, 0.29) is 0 Å². The molecule has 0 unspecified atom stereocenters. The van der Waals surface area contributed by atoms with E-state index in [1.54, 1.807) is 0 Å². The molecule has 4 heteroatoms. The van der Waals surface area contributed by atoms with Crippen LogP contribution < -0.4 is 0 Å². The molecule has 6 aromatic carbocycles. The number of rotatable bonds is 5. The molecular formula is C44H30N4. The predicted molar refractivity (Wildman–Crippen MR) is 201 cm³/mol. The van der Waals surface area contributed by atoms with Gasteiger partial charge in [-0.1, -0.05) is 91.5 Å². The average Bonchev–Trinajstić information content (AvgIpc) is 3.75. The Morgan fingerprint density at radius 1 is 0.562 bits per heavy atom. The molecule has 0 aliphatic heterocycles. The van der Waals surface area contributed by atoms with Gasteiger partial charge in [-0.3, -0.25) is 0 Å². The molecule has 0 aliphatic rings. The fourth-order valence-electron chi connectivity index (χ4n) is 7.67. The Bertz CT molecular complexity index is 2800. The van der Waals surface area contributed by atoms with Crippen LogP contribution in [0.1, 0.15) is 16.8 Å². The van der Waals surface area contributed by atoms with Gasteiger partial charge in [-0.15, -0.1) is 0 Å². The number of hydrogen-bond donors (Lipinski definition) is 0. The molecule has 48 heavy (non-hydrogen) atoms. The number of aromatic nitrogens is 3. The molecule has 0 radical (unpaired) electrons. The third kappa shape index (κ3) is 3.89. The molecule has 0 atom stereocenters. The normalized spacial score (nSPS) is 11.8. The number of allylic oxidation sites excluding steroid dienone is 2. The van der Waals surface area contributed by atoms with Crippen LogP contribution >= 0.6 is 0 Å². The van der Waals surface area contributed by atoms with Gasteiger partial charge in [0.25, 0.3) is 0 Å². The predicted octanol–water partition coefficient (Wildman–Crippen LogP) is 11.2. The largest absolute Gasteiger partial charge is 0.313 e. The lowest BCUT2D eigenvalue weighted by Crippen LogP contribution is -1.97. The summed E-state index contributed by atoms with van der Waals surface area (Å²) in [7, 11) is 0. The second-order valence-electron chi connectivity index (χ2n) is 12.2. The van der Waals surface area contributed by atoms with Crippen molar-refractivity contribution in [3.05, 3.63) is 169 Å². The minimum absolute atomic E-state index is 0.666. The molecule has 9 rings (SSSR count). The van der Waals surface area contributed by atoms with Gasteiger partial charge in [0.15, 0.2) is 0 Å². The topological polar surface area (TPSA) is 38.6 Å². The second kappa shape index (κ2) is 10.8. The van der Waals surface area contributed by atoms with Crippen LogP contribution in [0.5, 0.6) is 0 Å². The standard InChI is InChI=1S/C44H30N4/c1-3-4-19-34-29(2)46(31-15-7-5-8-16-31)41-26-24-36-42-30(28-45)14-13-22-40(42)48(44(36)43(34)41)33-23-25-39-37(27-33)35-20-11-12-21-38(35)47(39)32-17-9-6-10-18-32/h3-27H,1H2,2H3/b19-4-. The first-order chi connectivity index (χ1) is 23.7. The Labute approximate surface area is 277 Å². The molecule has 3 heterocycles. The van der Waals surface area contributed by atoms with E-state index in [0.717, 1.165) is 66.5 Å². The van der Waals surface area contributed by atoms with Gasteiger partial charge in [-0.2, -0.15) is 5.26 Å².